The molecule has 1 aromatic heterocycles. The third kappa shape index (κ3) is 3.27. The summed E-state index contributed by atoms with van der Waals surface area (Å²) in [6.07, 6.45) is 0.830. The first-order chi connectivity index (χ1) is 9.04. The minimum absolute atomic E-state index is 0.309. The predicted molar refractivity (Wildman–Crippen MR) is 80.7 cm³/mol. The molecule has 7 heteroatoms. The minimum atomic E-state index is -0.554. The zero-order valence-corrected chi connectivity index (χ0v) is 13.6. The number of nitrogens with zero attached hydrogens (tertiary/aromatic N) is 2. The van der Waals surface area contributed by atoms with Crippen LogP contribution in [0.2, 0.25) is 0 Å². The Morgan fingerprint density at radius 1 is 1.32 bits per heavy atom. The zero-order valence-electron chi connectivity index (χ0n) is 9.65. The molecule has 0 N–H and O–H groups in total. The standard InChI is InChI=1S/C12H9BrCl2N2OS/c13-9-3-1-7(2-4-9)10-16-17-11(18-10)19-6-8-5-12(8,14)15/h1-4,8H,5-6H2/t8-/m1/s1. The van der Waals surface area contributed by atoms with E-state index >= 15 is 0 Å². The van der Waals surface area contributed by atoms with Crippen molar-refractivity contribution in [3.8, 4) is 11.5 Å². The highest BCUT2D eigenvalue weighted by atomic mass is 79.9. The van der Waals surface area contributed by atoms with E-state index in [2.05, 4.69) is 26.1 Å². The number of thioether (sulfide) groups is 1. The van der Waals surface area contributed by atoms with Crippen LogP contribution in [-0.4, -0.2) is 20.3 Å². The van der Waals surface area contributed by atoms with Gasteiger partial charge >= 0.3 is 0 Å². The number of hydrogen-bond acceptors (Lipinski definition) is 4. The first-order valence-corrected chi connectivity index (χ1v) is 8.18. The number of rotatable bonds is 4. The molecule has 0 bridgehead atoms. The smallest absolute Gasteiger partial charge is 0.276 e. The van der Waals surface area contributed by atoms with Crippen LogP contribution in [0.5, 0.6) is 0 Å². The van der Waals surface area contributed by atoms with Gasteiger partial charge in [-0.3, -0.25) is 0 Å². The van der Waals surface area contributed by atoms with Crippen LogP contribution in [0.25, 0.3) is 11.5 Å². The molecule has 1 aliphatic carbocycles. The van der Waals surface area contributed by atoms with E-state index in [-0.39, 0.29) is 0 Å². The fourth-order valence-electron chi connectivity index (χ4n) is 1.60. The molecule has 1 atom stereocenters. The van der Waals surface area contributed by atoms with Gasteiger partial charge in [-0.25, -0.2) is 0 Å². The Bertz CT molecular complexity index is 588. The third-order valence-corrected chi connectivity index (χ3v) is 5.30. The SMILES string of the molecule is ClC1(Cl)C[C@@H]1CSc1nnc(-c2ccc(Br)cc2)o1. The molecule has 1 fully saturated rings. The van der Waals surface area contributed by atoms with E-state index in [0.717, 1.165) is 22.2 Å². The summed E-state index contributed by atoms with van der Waals surface area (Å²) >= 11 is 16.8. The molecule has 100 valence electrons. The molecular weight excluding hydrogens is 371 g/mol. The summed E-state index contributed by atoms with van der Waals surface area (Å²) in [5.74, 6) is 1.63. The van der Waals surface area contributed by atoms with Gasteiger partial charge in [0.15, 0.2) is 0 Å². The summed E-state index contributed by atoms with van der Waals surface area (Å²) in [6, 6.07) is 7.72. The second-order valence-electron chi connectivity index (χ2n) is 4.35. The van der Waals surface area contributed by atoms with E-state index < -0.39 is 4.33 Å². The lowest BCUT2D eigenvalue weighted by Gasteiger charge is -1.96. The predicted octanol–water partition coefficient (Wildman–Crippen LogP) is 4.79. The van der Waals surface area contributed by atoms with Crippen molar-refractivity contribution in [2.45, 2.75) is 16.0 Å². The van der Waals surface area contributed by atoms with Crippen molar-refractivity contribution in [1.82, 2.24) is 10.2 Å². The fourth-order valence-corrected chi connectivity index (χ4v) is 3.56. The minimum Gasteiger partial charge on any atom is -0.411 e. The number of aromatic nitrogens is 2. The number of alkyl halides is 2. The van der Waals surface area contributed by atoms with Gasteiger partial charge in [0.25, 0.3) is 5.22 Å². The lowest BCUT2D eigenvalue weighted by Crippen LogP contribution is -1.92. The normalized spacial score (nSPS) is 20.5. The van der Waals surface area contributed by atoms with Gasteiger partial charge in [0.05, 0.1) is 0 Å². The maximum absolute atomic E-state index is 5.97. The highest BCUT2D eigenvalue weighted by Gasteiger charge is 2.51. The highest BCUT2D eigenvalue weighted by molar-refractivity contribution is 9.10. The van der Waals surface area contributed by atoms with Gasteiger partial charge in [0.2, 0.25) is 5.89 Å². The molecule has 1 saturated carbocycles. The van der Waals surface area contributed by atoms with Crippen LogP contribution in [0.15, 0.2) is 38.4 Å². The van der Waals surface area contributed by atoms with Gasteiger partial charge in [0.1, 0.15) is 4.33 Å². The molecular formula is C12H9BrCl2N2OS. The van der Waals surface area contributed by atoms with Crippen LogP contribution in [-0.2, 0) is 0 Å². The van der Waals surface area contributed by atoms with E-state index in [1.54, 1.807) is 0 Å². The average molecular weight is 380 g/mol. The van der Waals surface area contributed by atoms with Crippen molar-refractivity contribution in [3.05, 3.63) is 28.7 Å². The Morgan fingerprint density at radius 3 is 2.63 bits per heavy atom. The number of halogens is 3. The van der Waals surface area contributed by atoms with Gasteiger partial charge in [-0.1, -0.05) is 27.7 Å². The summed E-state index contributed by atoms with van der Waals surface area (Å²) < 4.78 is 6.05. The Hall–Kier alpha value is -0.230. The molecule has 19 heavy (non-hydrogen) atoms. The molecule has 0 spiro atoms. The Labute approximate surface area is 133 Å². The van der Waals surface area contributed by atoms with Crippen LogP contribution in [0.1, 0.15) is 6.42 Å². The molecule has 1 aromatic carbocycles. The van der Waals surface area contributed by atoms with Crippen LogP contribution >= 0.6 is 50.9 Å². The van der Waals surface area contributed by atoms with Gasteiger partial charge in [-0.15, -0.1) is 33.4 Å². The van der Waals surface area contributed by atoms with E-state index in [0.29, 0.717) is 17.0 Å². The fraction of sp³-hybridized carbons (Fsp3) is 0.333. The van der Waals surface area contributed by atoms with E-state index in [9.17, 15) is 0 Å². The molecule has 1 heterocycles. The van der Waals surface area contributed by atoms with Crippen molar-refractivity contribution < 1.29 is 4.42 Å². The van der Waals surface area contributed by atoms with Gasteiger partial charge in [0, 0.05) is 21.7 Å². The van der Waals surface area contributed by atoms with Crippen molar-refractivity contribution >= 4 is 50.9 Å². The molecule has 2 aromatic rings. The first kappa shape index (κ1) is 13.7. The summed E-state index contributed by atoms with van der Waals surface area (Å²) in [7, 11) is 0. The quantitative estimate of drug-likeness (QED) is 0.565. The average Bonchev–Trinajstić information content (AvgIpc) is 2.79. The van der Waals surface area contributed by atoms with Crippen LogP contribution in [0, 0.1) is 5.92 Å². The van der Waals surface area contributed by atoms with Crippen molar-refractivity contribution in [2.24, 2.45) is 5.92 Å². The molecule has 1 aliphatic rings. The maximum atomic E-state index is 5.97. The van der Waals surface area contributed by atoms with Gasteiger partial charge in [-0.2, -0.15) is 0 Å². The van der Waals surface area contributed by atoms with Gasteiger partial charge in [-0.05, 0) is 30.7 Å². The number of hydrogen-bond donors (Lipinski definition) is 0. The van der Waals surface area contributed by atoms with Crippen molar-refractivity contribution in [2.75, 3.05) is 5.75 Å². The van der Waals surface area contributed by atoms with Crippen LogP contribution in [0.3, 0.4) is 0 Å². The molecule has 0 unspecified atom stereocenters. The largest absolute Gasteiger partial charge is 0.411 e. The summed E-state index contributed by atoms with van der Waals surface area (Å²) in [5, 5.41) is 8.59. The lowest BCUT2D eigenvalue weighted by molar-refractivity contribution is 0.465. The summed E-state index contributed by atoms with van der Waals surface area (Å²) in [4.78, 5) is 0. The monoisotopic (exact) mass is 378 g/mol. The molecule has 0 aliphatic heterocycles. The highest BCUT2D eigenvalue weighted by Crippen LogP contribution is 2.54. The van der Waals surface area contributed by atoms with Crippen LogP contribution in [0.4, 0.5) is 0 Å². The second kappa shape index (κ2) is 5.28. The third-order valence-electron chi connectivity index (χ3n) is 2.86. The Morgan fingerprint density at radius 2 is 2.00 bits per heavy atom. The van der Waals surface area contributed by atoms with E-state index in [4.69, 9.17) is 27.6 Å². The maximum Gasteiger partial charge on any atom is 0.276 e. The molecule has 0 radical (unpaired) electrons. The topological polar surface area (TPSA) is 38.9 Å². The summed E-state index contributed by atoms with van der Waals surface area (Å²) in [6.45, 7) is 0. The molecule has 3 rings (SSSR count). The van der Waals surface area contributed by atoms with Gasteiger partial charge < -0.3 is 4.42 Å². The first-order valence-electron chi connectivity index (χ1n) is 5.65. The molecule has 0 saturated heterocycles. The molecule has 3 nitrogen and oxygen atoms in total. The van der Waals surface area contributed by atoms with E-state index in [1.165, 1.54) is 11.8 Å². The second-order valence-corrected chi connectivity index (χ2v) is 7.78. The van der Waals surface area contributed by atoms with E-state index in [1.807, 2.05) is 24.3 Å². The summed E-state index contributed by atoms with van der Waals surface area (Å²) in [5.41, 5.74) is 0.901. The Balaban J connectivity index is 1.64. The zero-order chi connectivity index (χ0) is 13.5. The Kier molecular flexibility index (Phi) is 3.82. The van der Waals surface area contributed by atoms with Crippen LogP contribution < -0.4 is 0 Å². The van der Waals surface area contributed by atoms with Crippen molar-refractivity contribution in [1.29, 1.82) is 0 Å². The molecule has 0 amide bonds. The lowest BCUT2D eigenvalue weighted by atomic mass is 10.2. The number of benzene rings is 1. The van der Waals surface area contributed by atoms with Crippen molar-refractivity contribution in [3.63, 3.8) is 0 Å².